The van der Waals surface area contributed by atoms with Crippen molar-refractivity contribution < 1.29 is 23.1 Å². The predicted octanol–water partition coefficient (Wildman–Crippen LogP) is -0.153. The molecule has 2 rings (SSSR count). The summed E-state index contributed by atoms with van der Waals surface area (Å²) >= 11 is 0. The van der Waals surface area contributed by atoms with Crippen LogP contribution in [0.3, 0.4) is 0 Å². The van der Waals surface area contributed by atoms with Gasteiger partial charge in [0.15, 0.2) is 0 Å². The van der Waals surface area contributed by atoms with Crippen molar-refractivity contribution in [3.63, 3.8) is 0 Å². The summed E-state index contributed by atoms with van der Waals surface area (Å²) in [6.45, 7) is 0.371. The van der Waals surface area contributed by atoms with Gasteiger partial charge in [0, 0.05) is 20.1 Å². The number of aromatic carboxylic acids is 1. The summed E-state index contributed by atoms with van der Waals surface area (Å²) in [6, 6.07) is 4.93. The lowest BCUT2D eigenvalue weighted by Crippen LogP contribution is -2.50. The first kappa shape index (κ1) is 14.5. The third-order valence-corrected chi connectivity index (χ3v) is 5.02. The van der Waals surface area contributed by atoms with E-state index in [1.54, 1.807) is 7.05 Å². The van der Waals surface area contributed by atoms with E-state index in [1.165, 1.54) is 29.2 Å². The molecule has 1 heterocycles. The number of nitrogens with zero attached hydrogens (tertiary/aromatic N) is 2. The van der Waals surface area contributed by atoms with Gasteiger partial charge in [-0.25, -0.2) is 13.2 Å². The van der Waals surface area contributed by atoms with Crippen molar-refractivity contribution >= 4 is 21.9 Å². The lowest BCUT2D eigenvalue weighted by molar-refractivity contribution is -0.132. The molecule has 1 aromatic carbocycles. The van der Waals surface area contributed by atoms with Gasteiger partial charge in [-0.05, 0) is 24.3 Å². The van der Waals surface area contributed by atoms with Gasteiger partial charge in [0.1, 0.15) is 0 Å². The fourth-order valence-electron chi connectivity index (χ4n) is 1.86. The molecule has 8 heteroatoms. The number of benzene rings is 1. The maximum Gasteiger partial charge on any atom is 0.335 e. The Morgan fingerprint density at radius 2 is 1.80 bits per heavy atom. The molecule has 1 aliphatic rings. The van der Waals surface area contributed by atoms with Crippen molar-refractivity contribution in [3.8, 4) is 0 Å². The lowest BCUT2D eigenvalue weighted by Gasteiger charge is -2.31. The summed E-state index contributed by atoms with van der Waals surface area (Å²) in [5.74, 6) is -1.38. The number of piperazine rings is 1. The van der Waals surface area contributed by atoms with E-state index in [1.807, 2.05) is 0 Å². The molecule has 108 valence electrons. The van der Waals surface area contributed by atoms with Gasteiger partial charge in [-0.1, -0.05) is 0 Å². The van der Waals surface area contributed by atoms with Gasteiger partial charge in [0.2, 0.25) is 15.9 Å². The second-order valence-corrected chi connectivity index (χ2v) is 6.42. The Kier molecular flexibility index (Phi) is 3.78. The van der Waals surface area contributed by atoms with Crippen LogP contribution >= 0.6 is 0 Å². The zero-order valence-electron chi connectivity index (χ0n) is 10.8. The summed E-state index contributed by atoms with van der Waals surface area (Å²) in [5, 5.41) is 8.78. The highest BCUT2D eigenvalue weighted by atomic mass is 32.2. The summed E-state index contributed by atoms with van der Waals surface area (Å²) in [7, 11) is -2.15. The van der Waals surface area contributed by atoms with Crippen molar-refractivity contribution in [3.05, 3.63) is 29.8 Å². The van der Waals surface area contributed by atoms with Crippen molar-refractivity contribution in [2.75, 3.05) is 26.7 Å². The first-order chi connectivity index (χ1) is 9.32. The van der Waals surface area contributed by atoms with Crippen LogP contribution in [0.25, 0.3) is 0 Å². The smallest absolute Gasteiger partial charge is 0.335 e. The monoisotopic (exact) mass is 298 g/mol. The number of rotatable bonds is 3. The molecule has 1 fully saturated rings. The third-order valence-electron chi connectivity index (χ3n) is 3.16. The highest BCUT2D eigenvalue weighted by Crippen LogP contribution is 2.18. The van der Waals surface area contributed by atoms with E-state index >= 15 is 0 Å². The molecular formula is C12H14N2O5S. The Labute approximate surface area is 116 Å². The first-order valence-corrected chi connectivity index (χ1v) is 7.34. The molecule has 0 aliphatic carbocycles. The van der Waals surface area contributed by atoms with Crippen LogP contribution in [-0.2, 0) is 14.8 Å². The van der Waals surface area contributed by atoms with E-state index in [9.17, 15) is 18.0 Å². The molecular weight excluding hydrogens is 284 g/mol. The molecule has 1 saturated heterocycles. The van der Waals surface area contributed by atoms with Crippen LogP contribution in [0, 0.1) is 0 Å². The fourth-order valence-corrected chi connectivity index (χ4v) is 3.24. The van der Waals surface area contributed by atoms with Crippen molar-refractivity contribution in [1.29, 1.82) is 0 Å². The van der Waals surface area contributed by atoms with Crippen LogP contribution < -0.4 is 0 Å². The Morgan fingerprint density at radius 3 is 2.30 bits per heavy atom. The summed E-state index contributed by atoms with van der Waals surface area (Å²) in [6.07, 6.45) is 0. The number of hydrogen-bond acceptors (Lipinski definition) is 4. The molecule has 1 amide bonds. The number of sulfonamides is 1. The van der Waals surface area contributed by atoms with Crippen molar-refractivity contribution in [2.24, 2.45) is 0 Å². The molecule has 0 unspecified atom stereocenters. The quantitative estimate of drug-likeness (QED) is 0.837. The average Bonchev–Trinajstić information content (AvgIpc) is 2.41. The molecule has 7 nitrogen and oxygen atoms in total. The zero-order chi connectivity index (χ0) is 14.9. The highest BCUT2D eigenvalue weighted by Gasteiger charge is 2.31. The van der Waals surface area contributed by atoms with Gasteiger partial charge in [0.05, 0.1) is 17.0 Å². The number of likely N-dealkylation sites (N-methyl/N-ethyl adjacent to an activating group) is 1. The molecule has 20 heavy (non-hydrogen) atoms. The number of carboxylic acid groups (broad SMARTS) is 1. The first-order valence-electron chi connectivity index (χ1n) is 5.90. The van der Waals surface area contributed by atoms with Crippen LogP contribution in [0.4, 0.5) is 0 Å². The lowest BCUT2D eigenvalue weighted by atomic mass is 10.2. The molecule has 0 saturated carbocycles. The number of carboxylic acids is 1. The van der Waals surface area contributed by atoms with Crippen LogP contribution in [-0.4, -0.2) is 61.3 Å². The summed E-state index contributed by atoms with van der Waals surface area (Å²) in [5.41, 5.74) is 0.0124. The summed E-state index contributed by atoms with van der Waals surface area (Å²) in [4.78, 5) is 23.8. The molecule has 1 N–H and O–H groups in total. The van der Waals surface area contributed by atoms with E-state index in [4.69, 9.17) is 5.11 Å². The second-order valence-electron chi connectivity index (χ2n) is 4.48. The molecule has 0 radical (unpaired) electrons. The van der Waals surface area contributed by atoms with Gasteiger partial charge >= 0.3 is 5.97 Å². The Balaban J connectivity index is 2.26. The van der Waals surface area contributed by atoms with Crippen LogP contribution in [0.2, 0.25) is 0 Å². The third kappa shape index (κ3) is 2.66. The van der Waals surface area contributed by atoms with Crippen LogP contribution in [0.1, 0.15) is 10.4 Å². The molecule has 0 bridgehead atoms. The topological polar surface area (TPSA) is 95.0 Å². The highest BCUT2D eigenvalue weighted by molar-refractivity contribution is 7.89. The normalized spacial score (nSPS) is 17.2. The molecule has 0 spiro atoms. The van der Waals surface area contributed by atoms with Gasteiger partial charge in [0.25, 0.3) is 0 Å². The number of carbonyl (C=O) groups excluding carboxylic acids is 1. The maximum absolute atomic E-state index is 12.3. The van der Waals surface area contributed by atoms with E-state index < -0.39 is 16.0 Å². The van der Waals surface area contributed by atoms with E-state index in [-0.39, 0.29) is 29.5 Å². The second kappa shape index (κ2) is 5.22. The van der Waals surface area contributed by atoms with Gasteiger partial charge in [-0.3, -0.25) is 4.79 Å². The van der Waals surface area contributed by atoms with Crippen LogP contribution in [0.15, 0.2) is 29.2 Å². The van der Waals surface area contributed by atoms with Gasteiger partial charge in [-0.2, -0.15) is 4.31 Å². The standard InChI is InChI=1S/C12H14N2O5S/c1-13-6-7-14(8-11(13)15)20(18,19)10-4-2-9(3-5-10)12(16)17/h2-5H,6-8H2,1H3,(H,16,17). The maximum atomic E-state index is 12.3. The molecule has 0 aromatic heterocycles. The van der Waals surface area contributed by atoms with Crippen molar-refractivity contribution in [1.82, 2.24) is 9.21 Å². The van der Waals surface area contributed by atoms with E-state index in [0.29, 0.717) is 6.54 Å². The van der Waals surface area contributed by atoms with Gasteiger partial charge in [-0.15, -0.1) is 0 Å². The number of amides is 1. The number of carbonyl (C=O) groups is 2. The largest absolute Gasteiger partial charge is 0.478 e. The molecule has 0 atom stereocenters. The average molecular weight is 298 g/mol. The zero-order valence-corrected chi connectivity index (χ0v) is 11.6. The van der Waals surface area contributed by atoms with Gasteiger partial charge < -0.3 is 10.0 Å². The minimum atomic E-state index is -3.77. The predicted molar refractivity (Wildman–Crippen MR) is 69.8 cm³/mol. The Morgan fingerprint density at radius 1 is 1.20 bits per heavy atom. The SMILES string of the molecule is CN1CCN(S(=O)(=O)c2ccc(C(=O)O)cc2)CC1=O. The number of hydrogen-bond donors (Lipinski definition) is 1. The van der Waals surface area contributed by atoms with E-state index in [2.05, 4.69) is 0 Å². The molecule has 1 aliphatic heterocycles. The minimum Gasteiger partial charge on any atom is -0.478 e. The minimum absolute atomic E-state index is 0.0124. The Hall–Kier alpha value is -1.93. The van der Waals surface area contributed by atoms with Crippen molar-refractivity contribution in [2.45, 2.75) is 4.90 Å². The van der Waals surface area contributed by atoms with Crippen LogP contribution in [0.5, 0.6) is 0 Å². The van der Waals surface area contributed by atoms with E-state index in [0.717, 1.165) is 4.31 Å². The fraction of sp³-hybridized carbons (Fsp3) is 0.333. The summed E-state index contributed by atoms with van der Waals surface area (Å²) < 4.78 is 25.8. The Bertz CT molecular complexity index is 638. The molecule has 1 aromatic rings.